The molecule has 4 heterocycles. The summed E-state index contributed by atoms with van der Waals surface area (Å²) < 4.78 is 0.888. The topological polar surface area (TPSA) is 49.3 Å². The van der Waals surface area contributed by atoms with Crippen LogP contribution in [-0.2, 0) is 11.3 Å². The Kier molecular flexibility index (Phi) is 5.57. The van der Waals surface area contributed by atoms with Crippen LogP contribution in [0.2, 0.25) is 0 Å². The third kappa shape index (κ3) is 4.27. The summed E-state index contributed by atoms with van der Waals surface area (Å²) in [7, 11) is 0. The fourth-order valence-electron chi connectivity index (χ4n) is 3.95. The first-order valence-electron chi connectivity index (χ1n) is 9.16. The van der Waals surface area contributed by atoms with Gasteiger partial charge in [-0.05, 0) is 31.2 Å². The van der Waals surface area contributed by atoms with E-state index in [-0.39, 0.29) is 5.91 Å². The van der Waals surface area contributed by atoms with Crippen molar-refractivity contribution in [2.24, 2.45) is 5.92 Å². The Bertz CT molecular complexity index is 751. The molecule has 1 aromatic carbocycles. The standard InChI is InChI=1S/C19H24N4OS2/c1-14-20-21-19(26-14)25-13-18(24)23-11-16-7-8-17(12-23)22(10-16)9-15-5-3-2-4-6-15/h2-6,16-17H,7-13H2,1H3/t16-,17-/m0/s1. The smallest absolute Gasteiger partial charge is 0.233 e. The lowest BCUT2D eigenvalue weighted by molar-refractivity contribution is -0.128. The molecule has 7 heteroatoms. The molecule has 2 aromatic rings. The van der Waals surface area contributed by atoms with Crippen LogP contribution in [0.3, 0.4) is 0 Å². The Morgan fingerprint density at radius 3 is 2.81 bits per heavy atom. The maximum absolute atomic E-state index is 12.8. The van der Waals surface area contributed by atoms with Crippen molar-refractivity contribution in [3.63, 3.8) is 0 Å². The third-order valence-corrected chi connectivity index (χ3v) is 7.19. The maximum atomic E-state index is 12.8. The van der Waals surface area contributed by atoms with E-state index in [1.165, 1.54) is 30.2 Å². The van der Waals surface area contributed by atoms with E-state index < -0.39 is 0 Å². The quantitative estimate of drug-likeness (QED) is 0.737. The zero-order chi connectivity index (χ0) is 17.9. The second-order valence-corrected chi connectivity index (χ2v) is 9.59. The maximum Gasteiger partial charge on any atom is 0.233 e. The van der Waals surface area contributed by atoms with Gasteiger partial charge in [0.2, 0.25) is 5.91 Å². The summed E-state index contributed by atoms with van der Waals surface area (Å²) in [4.78, 5) is 17.4. The zero-order valence-corrected chi connectivity index (χ0v) is 16.6. The van der Waals surface area contributed by atoms with Crippen LogP contribution in [0.1, 0.15) is 23.4 Å². The van der Waals surface area contributed by atoms with Crippen LogP contribution in [0.15, 0.2) is 34.7 Å². The number of aryl methyl sites for hydroxylation is 1. The van der Waals surface area contributed by atoms with E-state index >= 15 is 0 Å². The van der Waals surface area contributed by atoms with Gasteiger partial charge in [-0.3, -0.25) is 9.69 Å². The van der Waals surface area contributed by atoms with Gasteiger partial charge in [0.1, 0.15) is 5.01 Å². The largest absolute Gasteiger partial charge is 0.340 e. The predicted molar refractivity (Wildman–Crippen MR) is 105 cm³/mol. The van der Waals surface area contributed by atoms with Crippen LogP contribution in [0.5, 0.6) is 0 Å². The van der Waals surface area contributed by atoms with Gasteiger partial charge < -0.3 is 4.90 Å². The van der Waals surface area contributed by atoms with Crippen LogP contribution < -0.4 is 0 Å². The van der Waals surface area contributed by atoms with Gasteiger partial charge in [-0.2, -0.15) is 0 Å². The van der Waals surface area contributed by atoms with Crippen LogP contribution >= 0.6 is 23.1 Å². The molecule has 0 saturated carbocycles. The van der Waals surface area contributed by atoms with E-state index in [9.17, 15) is 4.79 Å². The Morgan fingerprint density at radius 1 is 1.19 bits per heavy atom. The molecule has 2 bridgehead atoms. The van der Waals surface area contributed by atoms with Crippen molar-refractivity contribution in [3.8, 4) is 0 Å². The summed E-state index contributed by atoms with van der Waals surface area (Å²) in [5.41, 5.74) is 1.36. The number of thioether (sulfide) groups is 1. The molecule has 26 heavy (non-hydrogen) atoms. The zero-order valence-electron chi connectivity index (χ0n) is 15.0. The van der Waals surface area contributed by atoms with Crippen molar-refractivity contribution >= 4 is 29.0 Å². The van der Waals surface area contributed by atoms with E-state index in [1.807, 2.05) is 6.92 Å². The van der Waals surface area contributed by atoms with Crippen molar-refractivity contribution in [2.45, 2.75) is 36.7 Å². The molecular formula is C19H24N4OS2. The molecule has 3 saturated heterocycles. The van der Waals surface area contributed by atoms with Crippen molar-refractivity contribution < 1.29 is 4.79 Å². The monoisotopic (exact) mass is 388 g/mol. The fourth-order valence-corrected chi connectivity index (χ4v) is 5.66. The summed E-state index contributed by atoms with van der Waals surface area (Å²) in [6, 6.07) is 11.1. The molecule has 3 aliphatic rings. The molecule has 1 aromatic heterocycles. The average Bonchev–Trinajstić information content (AvgIpc) is 2.87. The van der Waals surface area contributed by atoms with E-state index in [0.29, 0.717) is 17.7 Å². The Hall–Kier alpha value is -1.44. The average molecular weight is 389 g/mol. The first kappa shape index (κ1) is 17.9. The minimum Gasteiger partial charge on any atom is -0.340 e. The molecule has 138 valence electrons. The number of aromatic nitrogens is 2. The van der Waals surface area contributed by atoms with E-state index in [2.05, 4.69) is 50.3 Å². The van der Waals surface area contributed by atoms with Gasteiger partial charge in [0, 0.05) is 32.2 Å². The molecule has 3 aliphatic heterocycles. The first-order chi connectivity index (χ1) is 12.7. The van der Waals surface area contributed by atoms with E-state index in [1.54, 1.807) is 11.3 Å². The van der Waals surface area contributed by atoms with Crippen molar-refractivity contribution in [3.05, 3.63) is 40.9 Å². The van der Waals surface area contributed by atoms with Gasteiger partial charge in [-0.25, -0.2) is 0 Å². The Morgan fingerprint density at radius 2 is 2.04 bits per heavy atom. The summed E-state index contributed by atoms with van der Waals surface area (Å²) in [5, 5.41) is 9.08. The number of carbonyl (C=O) groups excluding carboxylic acids is 1. The molecule has 2 atom stereocenters. The number of benzene rings is 1. The highest BCUT2D eigenvalue weighted by atomic mass is 32.2. The van der Waals surface area contributed by atoms with Gasteiger partial charge in [0.05, 0.1) is 5.75 Å². The van der Waals surface area contributed by atoms with Crippen LogP contribution in [0.25, 0.3) is 0 Å². The van der Waals surface area contributed by atoms with Crippen LogP contribution in [0, 0.1) is 12.8 Å². The second-order valence-electron chi connectivity index (χ2n) is 7.19. The fraction of sp³-hybridized carbons (Fsp3) is 0.526. The van der Waals surface area contributed by atoms with E-state index in [4.69, 9.17) is 0 Å². The lowest BCUT2D eigenvalue weighted by atomic mass is 9.94. The van der Waals surface area contributed by atoms with Gasteiger partial charge in [0.25, 0.3) is 0 Å². The van der Waals surface area contributed by atoms with Crippen LogP contribution in [0.4, 0.5) is 0 Å². The molecule has 3 fully saturated rings. The number of piperidine rings is 1. The van der Waals surface area contributed by atoms with Crippen molar-refractivity contribution in [2.75, 3.05) is 25.4 Å². The number of rotatable bonds is 5. The Labute approximate surface area is 162 Å². The summed E-state index contributed by atoms with van der Waals surface area (Å²) in [6.45, 7) is 5.79. The summed E-state index contributed by atoms with van der Waals surface area (Å²) in [5.74, 6) is 1.30. The SMILES string of the molecule is Cc1nnc(SCC(=O)N2C[C@H]3CC[C@@H](C2)N(Cc2ccccc2)C3)s1. The number of carbonyl (C=O) groups is 1. The van der Waals surface area contributed by atoms with Crippen molar-refractivity contribution in [1.29, 1.82) is 0 Å². The molecule has 0 spiro atoms. The third-order valence-electron chi connectivity index (χ3n) is 5.23. The summed E-state index contributed by atoms with van der Waals surface area (Å²) >= 11 is 3.07. The Balaban J connectivity index is 1.37. The molecule has 0 radical (unpaired) electrons. The normalized spacial score (nSPS) is 23.2. The lowest BCUT2D eigenvalue weighted by Crippen LogP contribution is -2.44. The van der Waals surface area contributed by atoms with Crippen LogP contribution in [-0.4, -0.2) is 57.3 Å². The number of hydrogen-bond acceptors (Lipinski definition) is 6. The number of nitrogens with zero attached hydrogens (tertiary/aromatic N) is 4. The highest BCUT2D eigenvalue weighted by Gasteiger charge is 2.36. The molecule has 0 aliphatic carbocycles. The number of hydrogen-bond donors (Lipinski definition) is 0. The van der Waals surface area contributed by atoms with E-state index in [0.717, 1.165) is 35.5 Å². The molecular weight excluding hydrogens is 364 g/mol. The molecule has 0 unspecified atom stereocenters. The van der Waals surface area contributed by atoms with Gasteiger partial charge in [-0.1, -0.05) is 53.4 Å². The minimum atomic E-state index is 0.237. The van der Waals surface area contributed by atoms with Crippen molar-refractivity contribution in [1.82, 2.24) is 20.0 Å². The molecule has 5 rings (SSSR count). The molecule has 0 N–H and O–H groups in total. The highest BCUT2D eigenvalue weighted by Crippen LogP contribution is 2.30. The van der Waals surface area contributed by atoms with Gasteiger partial charge in [-0.15, -0.1) is 10.2 Å². The first-order valence-corrected chi connectivity index (χ1v) is 11.0. The highest BCUT2D eigenvalue weighted by molar-refractivity contribution is 8.01. The predicted octanol–water partition coefficient (Wildman–Crippen LogP) is 3.06. The summed E-state index contributed by atoms with van der Waals surface area (Å²) in [6.07, 6.45) is 2.44. The lowest BCUT2D eigenvalue weighted by Gasteiger charge is -2.36. The number of amides is 1. The molecule has 1 amide bonds. The molecule has 5 nitrogen and oxygen atoms in total. The van der Waals surface area contributed by atoms with Gasteiger partial charge >= 0.3 is 0 Å². The van der Waals surface area contributed by atoms with Gasteiger partial charge in [0.15, 0.2) is 4.34 Å². The minimum absolute atomic E-state index is 0.237. The second kappa shape index (κ2) is 8.06. The number of fused-ring (bicyclic) bond motifs is 4.